The Hall–Kier alpha value is -3.16. The molecule has 2 rings (SSSR count). The number of rotatable bonds is 7. The lowest BCUT2D eigenvalue weighted by molar-refractivity contribution is -0.121. The number of aromatic nitrogens is 2. The van der Waals surface area contributed by atoms with Crippen molar-refractivity contribution < 1.29 is 9.90 Å². The number of hydrazone groups is 1. The maximum atomic E-state index is 12.3. The molecule has 0 spiro atoms. The van der Waals surface area contributed by atoms with Crippen LogP contribution in [-0.2, 0) is 4.79 Å². The average Bonchev–Trinajstić information content (AvgIpc) is 2.63. The second kappa shape index (κ2) is 8.98. The summed E-state index contributed by atoms with van der Waals surface area (Å²) in [5, 5.41) is 14.6. The number of nitrogens with zero attached hydrogens (tertiary/aromatic N) is 2. The van der Waals surface area contributed by atoms with E-state index in [0.29, 0.717) is 12.1 Å². The van der Waals surface area contributed by atoms with Gasteiger partial charge >= 0.3 is 5.69 Å². The van der Waals surface area contributed by atoms with Gasteiger partial charge in [-0.2, -0.15) is 5.10 Å². The molecule has 1 heterocycles. The van der Waals surface area contributed by atoms with Crippen molar-refractivity contribution in [2.45, 2.75) is 46.5 Å². The molecular formula is C19H24N4O4. The molecule has 0 unspecified atom stereocenters. The Morgan fingerprint density at radius 3 is 2.48 bits per heavy atom. The fourth-order valence-corrected chi connectivity index (χ4v) is 2.55. The number of benzene rings is 1. The molecular weight excluding hydrogens is 348 g/mol. The fraction of sp³-hybridized carbons (Fsp3) is 0.368. The molecule has 0 radical (unpaired) electrons. The Morgan fingerprint density at radius 2 is 1.89 bits per heavy atom. The lowest BCUT2D eigenvalue weighted by Crippen LogP contribution is -2.33. The second-order valence-electron chi connectivity index (χ2n) is 6.18. The minimum absolute atomic E-state index is 0.145. The largest absolute Gasteiger partial charge is 0.493 e. The van der Waals surface area contributed by atoms with Gasteiger partial charge in [0.05, 0.1) is 11.4 Å². The summed E-state index contributed by atoms with van der Waals surface area (Å²) in [7, 11) is 0. The van der Waals surface area contributed by atoms with Crippen LogP contribution in [0.15, 0.2) is 39.0 Å². The maximum Gasteiger partial charge on any atom is 0.335 e. The van der Waals surface area contributed by atoms with Crippen LogP contribution in [0.3, 0.4) is 0 Å². The number of aromatic amines is 1. The molecule has 0 aliphatic rings. The minimum Gasteiger partial charge on any atom is -0.493 e. The van der Waals surface area contributed by atoms with Gasteiger partial charge in [-0.15, -0.1) is 0 Å². The van der Waals surface area contributed by atoms with Gasteiger partial charge in [-0.3, -0.25) is 14.6 Å². The van der Waals surface area contributed by atoms with E-state index in [0.717, 1.165) is 23.0 Å². The predicted octanol–water partition coefficient (Wildman–Crippen LogP) is 1.96. The summed E-state index contributed by atoms with van der Waals surface area (Å²) in [5.41, 5.74) is 2.31. The third-order valence-electron chi connectivity index (χ3n) is 4.07. The van der Waals surface area contributed by atoms with Crippen molar-refractivity contribution in [3.63, 3.8) is 0 Å². The van der Waals surface area contributed by atoms with Gasteiger partial charge in [0, 0.05) is 6.42 Å². The smallest absolute Gasteiger partial charge is 0.335 e. The Kier molecular flexibility index (Phi) is 6.70. The number of hydrogen-bond acceptors (Lipinski definition) is 5. The van der Waals surface area contributed by atoms with Gasteiger partial charge in [0.15, 0.2) is 0 Å². The summed E-state index contributed by atoms with van der Waals surface area (Å²) >= 11 is 0. The molecule has 27 heavy (non-hydrogen) atoms. The number of nitrogens with one attached hydrogen (secondary N) is 2. The number of aromatic hydroxyl groups is 1. The molecule has 2 aromatic rings. The zero-order valence-corrected chi connectivity index (χ0v) is 15.7. The Morgan fingerprint density at radius 1 is 1.22 bits per heavy atom. The zero-order valence-electron chi connectivity index (χ0n) is 15.7. The van der Waals surface area contributed by atoms with E-state index in [9.17, 15) is 19.5 Å². The van der Waals surface area contributed by atoms with Crippen LogP contribution < -0.4 is 16.7 Å². The topological polar surface area (TPSA) is 117 Å². The molecule has 1 amide bonds. The van der Waals surface area contributed by atoms with Gasteiger partial charge in [-0.05, 0) is 31.9 Å². The highest BCUT2D eigenvalue weighted by atomic mass is 16.3. The van der Waals surface area contributed by atoms with E-state index in [1.807, 2.05) is 13.8 Å². The van der Waals surface area contributed by atoms with Gasteiger partial charge in [0.2, 0.25) is 11.8 Å². The molecule has 8 heteroatoms. The molecule has 144 valence electrons. The first-order valence-electron chi connectivity index (χ1n) is 8.90. The first kappa shape index (κ1) is 20.2. The SMILES string of the molecule is CCCCC(=O)NN=C(CC)c1c(O)n(-c2ccc(C)cc2)c(=O)[nH]c1=O. The van der Waals surface area contributed by atoms with Crippen LogP contribution >= 0.6 is 0 Å². The zero-order chi connectivity index (χ0) is 20.0. The Balaban J connectivity index is 2.50. The summed E-state index contributed by atoms with van der Waals surface area (Å²) in [5.74, 6) is -0.790. The molecule has 0 fully saturated rings. The number of hydrogen-bond donors (Lipinski definition) is 3. The van der Waals surface area contributed by atoms with E-state index in [4.69, 9.17) is 0 Å². The van der Waals surface area contributed by atoms with Gasteiger partial charge in [-0.1, -0.05) is 38.0 Å². The van der Waals surface area contributed by atoms with Crippen molar-refractivity contribution in [3.05, 3.63) is 56.2 Å². The molecule has 1 aromatic carbocycles. The molecule has 0 aliphatic carbocycles. The molecule has 0 bridgehead atoms. The third-order valence-corrected chi connectivity index (χ3v) is 4.07. The standard InChI is InChI=1S/C19H24N4O4/c1-4-6-7-15(24)22-21-14(5-2)16-17(25)20-19(27)23(18(16)26)13-10-8-12(3)9-11-13/h8-11,26H,4-7H2,1-3H3,(H,22,24)(H,20,25,27). The molecule has 1 aromatic heterocycles. The molecule has 0 saturated carbocycles. The Bertz CT molecular complexity index is 955. The number of unbranched alkanes of at least 4 members (excludes halogenated alkanes) is 1. The number of H-pyrrole nitrogens is 1. The number of amides is 1. The van der Waals surface area contributed by atoms with Gasteiger partial charge in [0.1, 0.15) is 5.56 Å². The molecule has 0 saturated heterocycles. The van der Waals surface area contributed by atoms with E-state index in [1.54, 1.807) is 31.2 Å². The van der Waals surface area contributed by atoms with E-state index in [1.165, 1.54) is 0 Å². The number of aryl methyl sites for hydroxylation is 1. The molecule has 0 atom stereocenters. The summed E-state index contributed by atoms with van der Waals surface area (Å²) in [6.45, 7) is 5.60. The summed E-state index contributed by atoms with van der Waals surface area (Å²) < 4.78 is 1.00. The van der Waals surface area contributed by atoms with Crippen LogP contribution in [0.25, 0.3) is 5.69 Å². The van der Waals surface area contributed by atoms with Crippen molar-refractivity contribution in [1.82, 2.24) is 15.0 Å². The minimum atomic E-state index is -0.760. The first-order valence-corrected chi connectivity index (χ1v) is 8.90. The molecule has 8 nitrogen and oxygen atoms in total. The summed E-state index contributed by atoms with van der Waals surface area (Å²) in [6.07, 6.45) is 2.20. The van der Waals surface area contributed by atoms with Gasteiger partial charge in [-0.25, -0.2) is 14.8 Å². The normalized spacial score (nSPS) is 11.4. The molecule has 0 aliphatic heterocycles. The predicted molar refractivity (Wildman–Crippen MR) is 104 cm³/mol. The second-order valence-corrected chi connectivity index (χ2v) is 6.18. The van der Waals surface area contributed by atoms with Crippen molar-refractivity contribution in [2.75, 3.05) is 0 Å². The summed E-state index contributed by atoms with van der Waals surface area (Å²) in [6, 6.07) is 6.89. The van der Waals surface area contributed by atoms with Crippen LogP contribution in [0.2, 0.25) is 0 Å². The lowest BCUT2D eigenvalue weighted by atomic mass is 10.1. The highest BCUT2D eigenvalue weighted by molar-refractivity contribution is 6.02. The average molecular weight is 372 g/mol. The van der Waals surface area contributed by atoms with Gasteiger partial charge in [0.25, 0.3) is 5.56 Å². The Labute approximate surface area is 156 Å². The number of carbonyl (C=O) groups is 1. The van der Waals surface area contributed by atoms with E-state index in [-0.39, 0.29) is 23.6 Å². The third kappa shape index (κ3) is 4.72. The van der Waals surface area contributed by atoms with Crippen molar-refractivity contribution in [2.24, 2.45) is 5.10 Å². The van der Waals surface area contributed by atoms with Crippen LogP contribution in [0, 0.1) is 6.92 Å². The highest BCUT2D eigenvalue weighted by Gasteiger charge is 2.19. The van der Waals surface area contributed by atoms with Crippen LogP contribution in [0.5, 0.6) is 5.88 Å². The van der Waals surface area contributed by atoms with E-state index in [2.05, 4.69) is 15.5 Å². The monoisotopic (exact) mass is 372 g/mol. The van der Waals surface area contributed by atoms with Crippen LogP contribution in [0.1, 0.15) is 50.7 Å². The highest BCUT2D eigenvalue weighted by Crippen LogP contribution is 2.18. The lowest BCUT2D eigenvalue weighted by Gasteiger charge is -2.12. The van der Waals surface area contributed by atoms with Gasteiger partial charge < -0.3 is 5.11 Å². The quantitative estimate of drug-likeness (QED) is 0.509. The summed E-state index contributed by atoms with van der Waals surface area (Å²) in [4.78, 5) is 38.5. The van der Waals surface area contributed by atoms with Crippen molar-refractivity contribution in [1.29, 1.82) is 0 Å². The first-order chi connectivity index (χ1) is 12.9. The van der Waals surface area contributed by atoms with Crippen molar-refractivity contribution >= 4 is 11.6 Å². The maximum absolute atomic E-state index is 12.3. The van der Waals surface area contributed by atoms with E-state index >= 15 is 0 Å². The fourth-order valence-electron chi connectivity index (χ4n) is 2.55. The van der Waals surface area contributed by atoms with Crippen molar-refractivity contribution in [3.8, 4) is 11.6 Å². The molecule has 3 N–H and O–H groups in total. The number of carbonyl (C=O) groups excluding carboxylic acids is 1. The van der Waals surface area contributed by atoms with Crippen LogP contribution in [0.4, 0.5) is 0 Å². The van der Waals surface area contributed by atoms with E-state index < -0.39 is 17.1 Å². The van der Waals surface area contributed by atoms with Crippen LogP contribution in [-0.4, -0.2) is 26.3 Å².